The van der Waals surface area contributed by atoms with E-state index in [1.54, 1.807) is 0 Å². The second kappa shape index (κ2) is 9.29. The van der Waals surface area contributed by atoms with Crippen LogP contribution in [0.25, 0.3) is 0 Å². The Bertz CT molecular complexity index is 1270. The molecule has 4 nitrogen and oxygen atoms in total. The van der Waals surface area contributed by atoms with Gasteiger partial charge in [-0.2, -0.15) is 0 Å². The van der Waals surface area contributed by atoms with Gasteiger partial charge in [-0.15, -0.1) is 0 Å². The van der Waals surface area contributed by atoms with Crippen LogP contribution in [0.15, 0.2) is 126 Å². The first-order chi connectivity index (χ1) is 18.0. The molecule has 37 heavy (non-hydrogen) atoms. The molecule has 2 aliphatic rings. The highest BCUT2D eigenvalue weighted by Crippen LogP contribution is 2.55. The Labute approximate surface area is 218 Å². The minimum atomic E-state index is -0.711. The normalized spacial score (nSPS) is 23.1. The van der Waals surface area contributed by atoms with E-state index >= 15 is 0 Å². The molecule has 1 fully saturated rings. The third-order valence-electron chi connectivity index (χ3n) is 7.52. The average molecular weight is 489 g/mol. The van der Waals surface area contributed by atoms with Crippen molar-refractivity contribution >= 4 is 5.90 Å². The van der Waals surface area contributed by atoms with Gasteiger partial charge in [0.05, 0.1) is 23.2 Å². The van der Waals surface area contributed by atoms with Gasteiger partial charge in [0.15, 0.2) is 0 Å². The van der Waals surface area contributed by atoms with Crippen molar-refractivity contribution in [3.63, 3.8) is 0 Å². The highest BCUT2D eigenvalue weighted by atomic mass is 16.5. The van der Waals surface area contributed by atoms with E-state index in [4.69, 9.17) is 9.73 Å². The van der Waals surface area contributed by atoms with Gasteiger partial charge >= 0.3 is 0 Å². The maximum absolute atomic E-state index is 11.8. The minimum Gasteiger partial charge on any atom is -0.477 e. The molecule has 4 atom stereocenters. The Balaban J connectivity index is 1.60. The SMILES string of the molecule is CC1(C)COC(C2C([C@H](O)c3ccccc3)N2C(c2ccccc2)(c2ccccc2)c2ccccc2)=N1. The third kappa shape index (κ3) is 4.07. The van der Waals surface area contributed by atoms with Crippen molar-refractivity contribution in [1.82, 2.24) is 4.90 Å². The first-order valence-corrected chi connectivity index (χ1v) is 12.9. The maximum Gasteiger partial charge on any atom is 0.203 e. The van der Waals surface area contributed by atoms with Crippen molar-refractivity contribution in [2.24, 2.45) is 4.99 Å². The fraction of sp³-hybridized carbons (Fsp3) is 0.242. The van der Waals surface area contributed by atoms with E-state index in [2.05, 4.69) is 91.5 Å². The zero-order chi connectivity index (χ0) is 25.5. The molecule has 0 bridgehead atoms. The highest BCUT2D eigenvalue weighted by molar-refractivity contribution is 5.88. The number of aliphatic hydroxyl groups excluding tert-OH is 1. The molecular weight excluding hydrogens is 456 g/mol. The van der Waals surface area contributed by atoms with Crippen LogP contribution >= 0.6 is 0 Å². The van der Waals surface area contributed by atoms with Gasteiger partial charge in [0.1, 0.15) is 12.6 Å². The molecule has 1 N–H and O–H groups in total. The summed E-state index contributed by atoms with van der Waals surface area (Å²) in [5, 5.41) is 11.8. The zero-order valence-electron chi connectivity index (χ0n) is 21.2. The lowest BCUT2D eigenvalue weighted by molar-refractivity contribution is 0.142. The largest absolute Gasteiger partial charge is 0.477 e. The van der Waals surface area contributed by atoms with E-state index in [9.17, 15) is 5.11 Å². The lowest BCUT2D eigenvalue weighted by Gasteiger charge is -2.39. The molecule has 0 amide bonds. The van der Waals surface area contributed by atoms with Crippen LogP contribution < -0.4 is 0 Å². The van der Waals surface area contributed by atoms with Crippen molar-refractivity contribution in [3.8, 4) is 0 Å². The van der Waals surface area contributed by atoms with Crippen molar-refractivity contribution in [2.75, 3.05) is 6.61 Å². The van der Waals surface area contributed by atoms with Gasteiger partial charge in [-0.3, -0.25) is 4.90 Å². The number of ether oxygens (including phenoxy) is 1. The number of benzene rings is 4. The first-order valence-electron chi connectivity index (χ1n) is 12.9. The third-order valence-corrected chi connectivity index (χ3v) is 7.52. The van der Waals surface area contributed by atoms with Gasteiger partial charge in [-0.25, -0.2) is 4.99 Å². The number of aliphatic imine (C=N–C) groups is 1. The fourth-order valence-corrected chi connectivity index (χ4v) is 5.87. The smallest absolute Gasteiger partial charge is 0.203 e. The summed E-state index contributed by atoms with van der Waals surface area (Å²) >= 11 is 0. The molecule has 0 aliphatic carbocycles. The Morgan fingerprint density at radius 3 is 1.59 bits per heavy atom. The first kappa shape index (κ1) is 23.7. The minimum absolute atomic E-state index is 0.183. The number of hydrogen-bond donors (Lipinski definition) is 1. The predicted octanol–water partition coefficient (Wildman–Crippen LogP) is 5.97. The van der Waals surface area contributed by atoms with Crippen LogP contribution in [0.4, 0.5) is 0 Å². The van der Waals surface area contributed by atoms with E-state index < -0.39 is 11.6 Å². The Kier molecular flexibility index (Phi) is 5.94. The predicted molar refractivity (Wildman–Crippen MR) is 147 cm³/mol. The van der Waals surface area contributed by atoms with Crippen LogP contribution in [0.2, 0.25) is 0 Å². The molecule has 3 unspecified atom stereocenters. The summed E-state index contributed by atoms with van der Waals surface area (Å²) in [6, 6.07) is 41.3. The molecular formula is C33H32N2O2. The lowest BCUT2D eigenvalue weighted by atomic mass is 9.76. The Morgan fingerprint density at radius 1 is 0.757 bits per heavy atom. The van der Waals surface area contributed by atoms with E-state index in [1.165, 1.54) is 0 Å². The van der Waals surface area contributed by atoms with Gasteiger partial charge < -0.3 is 9.84 Å². The molecule has 0 aromatic heterocycles. The van der Waals surface area contributed by atoms with Gasteiger partial charge in [-0.05, 0) is 36.1 Å². The topological polar surface area (TPSA) is 44.8 Å². The summed E-state index contributed by atoms with van der Waals surface area (Å²) in [5.41, 5.74) is 3.35. The lowest BCUT2D eigenvalue weighted by Crippen LogP contribution is -2.41. The molecule has 0 spiro atoms. The standard InChI is InChI=1S/C33H32N2O2/c1-32(2)23-37-31(34-32)29-28(30(36)24-15-7-3-8-16-24)35(29)33(25-17-9-4-10-18-25,26-19-11-5-12-20-26)27-21-13-6-14-22-27/h3-22,28-30,36H,23H2,1-2H3/t28?,29?,30-,35?/m1/s1. The van der Waals surface area contributed by atoms with Gasteiger partial charge in [0.25, 0.3) is 0 Å². The molecule has 186 valence electrons. The van der Waals surface area contributed by atoms with E-state index in [0.29, 0.717) is 12.5 Å². The summed E-state index contributed by atoms with van der Waals surface area (Å²) in [4.78, 5) is 7.40. The quantitative estimate of drug-likeness (QED) is 0.257. The van der Waals surface area contributed by atoms with Crippen LogP contribution in [-0.2, 0) is 10.3 Å². The second-order valence-corrected chi connectivity index (χ2v) is 10.6. The van der Waals surface area contributed by atoms with E-state index in [-0.39, 0.29) is 17.6 Å². The molecule has 2 aliphatic heterocycles. The molecule has 6 rings (SSSR count). The maximum atomic E-state index is 11.8. The van der Waals surface area contributed by atoms with E-state index in [1.807, 2.05) is 48.5 Å². The fourth-order valence-electron chi connectivity index (χ4n) is 5.87. The molecule has 0 saturated carbocycles. The van der Waals surface area contributed by atoms with Crippen molar-refractivity contribution < 1.29 is 9.84 Å². The monoisotopic (exact) mass is 488 g/mol. The van der Waals surface area contributed by atoms with Crippen molar-refractivity contribution in [3.05, 3.63) is 144 Å². The number of rotatable bonds is 7. The molecule has 1 saturated heterocycles. The summed E-state index contributed by atoms with van der Waals surface area (Å²) < 4.78 is 6.24. The van der Waals surface area contributed by atoms with Crippen LogP contribution in [0.3, 0.4) is 0 Å². The Morgan fingerprint density at radius 2 is 1.19 bits per heavy atom. The summed E-state index contributed by atoms with van der Waals surface area (Å²) in [5.74, 6) is 0.706. The summed E-state index contributed by atoms with van der Waals surface area (Å²) in [6.07, 6.45) is -0.711. The molecule has 4 aromatic carbocycles. The Hall–Kier alpha value is -3.73. The molecule has 2 heterocycles. The van der Waals surface area contributed by atoms with Gasteiger partial charge in [-0.1, -0.05) is 121 Å². The summed E-state index contributed by atoms with van der Waals surface area (Å²) in [7, 11) is 0. The highest BCUT2D eigenvalue weighted by Gasteiger charge is 2.66. The summed E-state index contributed by atoms with van der Waals surface area (Å²) in [6.45, 7) is 4.72. The number of aliphatic hydroxyl groups is 1. The van der Waals surface area contributed by atoms with Crippen LogP contribution in [-0.4, -0.2) is 40.1 Å². The average Bonchev–Trinajstić information content (AvgIpc) is 3.58. The van der Waals surface area contributed by atoms with Crippen LogP contribution in [0.5, 0.6) is 0 Å². The number of nitrogens with zero attached hydrogens (tertiary/aromatic N) is 2. The second-order valence-electron chi connectivity index (χ2n) is 10.6. The molecule has 0 radical (unpaired) electrons. The zero-order valence-corrected chi connectivity index (χ0v) is 21.2. The van der Waals surface area contributed by atoms with E-state index in [0.717, 1.165) is 22.3 Å². The van der Waals surface area contributed by atoms with Gasteiger partial charge in [0.2, 0.25) is 5.90 Å². The van der Waals surface area contributed by atoms with Gasteiger partial charge in [0, 0.05) is 0 Å². The van der Waals surface area contributed by atoms with Crippen LogP contribution in [0, 0.1) is 0 Å². The van der Waals surface area contributed by atoms with Crippen LogP contribution in [0.1, 0.15) is 42.2 Å². The van der Waals surface area contributed by atoms with Crippen molar-refractivity contribution in [2.45, 2.75) is 43.1 Å². The molecule has 4 aromatic rings. The molecule has 4 heteroatoms. The van der Waals surface area contributed by atoms with Crippen molar-refractivity contribution in [1.29, 1.82) is 0 Å². The number of hydrogen-bond acceptors (Lipinski definition) is 4.